The Balaban J connectivity index is 1.83. The monoisotopic (exact) mass is 379 g/mol. The first-order valence-electron chi connectivity index (χ1n) is 9.51. The molecule has 1 fully saturated rings. The Morgan fingerprint density at radius 1 is 1.19 bits per heavy atom. The van der Waals surface area contributed by atoms with Crippen LogP contribution >= 0.6 is 0 Å². The summed E-state index contributed by atoms with van der Waals surface area (Å²) in [6.45, 7) is 10.8. The highest BCUT2D eigenvalue weighted by Gasteiger charge is 2.27. The van der Waals surface area contributed by atoms with Gasteiger partial charge in [-0.05, 0) is 42.2 Å². The van der Waals surface area contributed by atoms with E-state index in [1.54, 1.807) is 0 Å². The van der Waals surface area contributed by atoms with E-state index in [2.05, 4.69) is 60.7 Å². The minimum absolute atomic E-state index is 0.153. The lowest BCUT2D eigenvalue weighted by Gasteiger charge is -2.19. The molecule has 146 valence electrons. The zero-order valence-electron chi connectivity index (χ0n) is 16.5. The van der Waals surface area contributed by atoms with Crippen LogP contribution in [0.15, 0.2) is 29.3 Å². The number of guanidine groups is 1. The van der Waals surface area contributed by atoms with Crippen LogP contribution in [0.3, 0.4) is 0 Å². The SMILES string of the molecule is CCNC(=NCC1CCS(=O)(=O)C1)NCCc1ccc(C(C)(C)C)cc1. The molecule has 0 saturated carbocycles. The molecule has 1 heterocycles. The van der Waals surface area contributed by atoms with Crippen LogP contribution in [0, 0.1) is 5.92 Å². The third-order valence-electron chi connectivity index (χ3n) is 4.70. The quantitative estimate of drug-likeness (QED) is 0.589. The Labute approximate surface area is 158 Å². The van der Waals surface area contributed by atoms with Crippen molar-refractivity contribution in [3.8, 4) is 0 Å². The van der Waals surface area contributed by atoms with Gasteiger partial charge in [-0.15, -0.1) is 0 Å². The number of benzene rings is 1. The third kappa shape index (κ3) is 6.63. The van der Waals surface area contributed by atoms with E-state index in [0.717, 1.165) is 31.9 Å². The molecule has 2 rings (SSSR count). The van der Waals surface area contributed by atoms with Crippen molar-refractivity contribution in [3.63, 3.8) is 0 Å². The average molecular weight is 380 g/mol. The zero-order chi connectivity index (χ0) is 19.2. The van der Waals surface area contributed by atoms with Crippen LogP contribution in [0.4, 0.5) is 0 Å². The van der Waals surface area contributed by atoms with Gasteiger partial charge in [-0.25, -0.2) is 8.42 Å². The second-order valence-corrected chi connectivity index (χ2v) is 10.3. The number of hydrogen-bond acceptors (Lipinski definition) is 3. The first-order valence-corrected chi connectivity index (χ1v) is 11.3. The van der Waals surface area contributed by atoms with E-state index in [4.69, 9.17) is 0 Å². The van der Waals surface area contributed by atoms with Crippen molar-refractivity contribution >= 4 is 15.8 Å². The van der Waals surface area contributed by atoms with Crippen molar-refractivity contribution < 1.29 is 8.42 Å². The van der Waals surface area contributed by atoms with Crippen LogP contribution in [-0.4, -0.2) is 45.5 Å². The van der Waals surface area contributed by atoms with E-state index < -0.39 is 9.84 Å². The molecular formula is C20H33N3O2S. The molecule has 0 spiro atoms. The van der Waals surface area contributed by atoms with Crippen molar-refractivity contribution in [2.24, 2.45) is 10.9 Å². The molecule has 0 bridgehead atoms. The Bertz CT molecular complexity index is 704. The molecular weight excluding hydrogens is 346 g/mol. The van der Waals surface area contributed by atoms with Crippen molar-refractivity contribution in [2.75, 3.05) is 31.1 Å². The number of nitrogens with one attached hydrogen (secondary N) is 2. The van der Waals surface area contributed by atoms with E-state index >= 15 is 0 Å². The lowest BCUT2D eigenvalue weighted by atomic mass is 9.86. The number of sulfone groups is 1. The Hall–Kier alpha value is -1.56. The number of rotatable bonds is 6. The van der Waals surface area contributed by atoms with Gasteiger partial charge in [0.2, 0.25) is 0 Å². The van der Waals surface area contributed by atoms with Crippen LogP contribution in [0.5, 0.6) is 0 Å². The van der Waals surface area contributed by atoms with E-state index in [1.807, 2.05) is 6.92 Å². The summed E-state index contributed by atoms with van der Waals surface area (Å²) in [4.78, 5) is 4.57. The number of aliphatic imine (C=N–C) groups is 1. The molecule has 0 aliphatic carbocycles. The Morgan fingerprint density at radius 2 is 1.88 bits per heavy atom. The largest absolute Gasteiger partial charge is 0.357 e. The van der Waals surface area contributed by atoms with Gasteiger partial charge in [-0.2, -0.15) is 0 Å². The van der Waals surface area contributed by atoms with E-state index in [1.165, 1.54) is 11.1 Å². The maximum Gasteiger partial charge on any atom is 0.191 e. The summed E-state index contributed by atoms with van der Waals surface area (Å²) in [7, 11) is -2.83. The minimum Gasteiger partial charge on any atom is -0.357 e. The highest BCUT2D eigenvalue weighted by Crippen LogP contribution is 2.22. The van der Waals surface area contributed by atoms with Crippen LogP contribution in [0.25, 0.3) is 0 Å². The topological polar surface area (TPSA) is 70.6 Å². The van der Waals surface area contributed by atoms with Gasteiger partial charge < -0.3 is 10.6 Å². The van der Waals surface area contributed by atoms with Crippen molar-refractivity contribution in [3.05, 3.63) is 35.4 Å². The van der Waals surface area contributed by atoms with Gasteiger partial charge in [-0.3, -0.25) is 4.99 Å². The second kappa shape index (κ2) is 8.89. The molecule has 6 heteroatoms. The molecule has 5 nitrogen and oxygen atoms in total. The molecule has 1 aromatic rings. The summed E-state index contributed by atoms with van der Waals surface area (Å²) >= 11 is 0. The fraction of sp³-hybridized carbons (Fsp3) is 0.650. The Kier molecular flexibility index (Phi) is 7.09. The highest BCUT2D eigenvalue weighted by molar-refractivity contribution is 7.91. The second-order valence-electron chi connectivity index (χ2n) is 8.11. The van der Waals surface area contributed by atoms with Gasteiger partial charge >= 0.3 is 0 Å². The summed E-state index contributed by atoms with van der Waals surface area (Å²) in [5.41, 5.74) is 2.81. The normalized spacial score (nSPS) is 20.2. The van der Waals surface area contributed by atoms with E-state index in [9.17, 15) is 8.42 Å². The van der Waals surface area contributed by atoms with Crippen molar-refractivity contribution in [1.29, 1.82) is 0 Å². The van der Waals surface area contributed by atoms with Crippen LogP contribution in [0.2, 0.25) is 0 Å². The minimum atomic E-state index is -2.83. The maximum atomic E-state index is 11.5. The molecule has 0 amide bonds. The van der Waals surface area contributed by atoms with Crippen LogP contribution in [-0.2, 0) is 21.7 Å². The van der Waals surface area contributed by atoms with Crippen LogP contribution < -0.4 is 10.6 Å². The first-order chi connectivity index (χ1) is 12.2. The maximum absolute atomic E-state index is 11.5. The fourth-order valence-corrected chi connectivity index (χ4v) is 4.92. The standard InChI is InChI=1S/C20H33N3O2S/c1-5-21-19(23-14-17-11-13-26(24,25)15-17)22-12-10-16-6-8-18(9-7-16)20(2,3)4/h6-9,17H,5,10-15H2,1-4H3,(H2,21,22,23). The predicted octanol–water partition coefficient (Wildman–Crippen LogP) is 2.52. The average Bonchev–Trinajstić information content (AvgIpc) is 2.91. The van der Waals surface area contributed by atoms with Gasteiger partial charge in [0, 0.05) is 19.6 Å². The molecule has 26 heavy (non-hydrogen) atoms. The van der Waals surface area contributed by atoms with Crippen molar-refractivity contribution in [1.82, 2.24) is 10.6 Å². The lowest BCUT2D eigenvalue weighted by molar-refractivity contribution is 0.588. The zero-order valence-corrected chi connectivity index (χ0v) is 17.3. The van der Waals surface area contributed by atoms with Gasteiger partial charge in [0.15, 0.2) is 15.8 Å². The van der Waals surface area contributed by atoms with Gasteiger partial charge in [0.25, 0.3) is 0 Å². The molecule has 1 unspecified atom stereocenters. The van der Waals surface area contributed by atoms with E-state index in [-0.39, 0.29) is 17.1 Å². The fourth-order valence-electron chi connectivity index (χ4n) is 3.07. The van der Waals surface area contributed by atoms with Crippen LogP contribution in [0.1, 0.15) is 45.2 Å². The molecule has 0 radical (unpaired) electrons. The van der Waals surface area contributed by atoms with Gasteiger partial charge in [-0.1, -0.05) is 45.0 Å². The molecule has 1 aromatic carbocycles. The summed E-state index contributed by atoms with van der Waals surface area (Å²) in [5.74, 6) is 1.50. The van der Waals surface area contributed by atoms with E-state index in [0.29, 0.717) is 12.3 Å². The van der Waals surface area contributed by atoms with Crippen molar-refractivity contribution in [2.45, 2.75) is 46.0 Å². The molecule has 0 aromatic heterocycles. The van der Waals surface area contributed by atoms with Gasteiger partial charge in [0.05, 0.1) is 11.5 Å². The first kappa shape index (κ1) is 20.7. The third-order valence-corrected chi connectivity index (χ3v) is 6.54. The smallest absolute Gasteiger partial charge is 0.191 e. The molecule has 1 atom stereocenters. The molecule has 1 aliphatic heterocycles. The Morgan fingerprint density at radius 3 is 2.42 bits per heavy atom. The van der Waals surface area contributed by atoms with Gasteiger partial charge in [0.1, 0.15) is 0 Å². The molecule has 2 N–H and O–H groups in total. The highest BCUT2D eigenvalue weighted by atomic mass is 32.2. The molecule has 1 aliphatic rings. The predicted molar refractivity (Wildman–Crippen MR) is 110 cm³/mol. The number of hydrogen-bond donors (Lipinski definition) is 2. The summed E-state index contributed by atoms with van der Waals surface area (Å²) in [6.07, 6.45) is 1.65. The summed E-state index contributed by atoms with van der Waals surface area (Å²) < 4.78 is 23.1. The molecule has 1 saturated heterocycles. The number of nitrogens with zero attached hydrogens (tertiary/aromatic N) is 1. The summed E-state index contributed by atoms with van der Waals surface area (Å²) in [6, 6.07) is 8.79. The lowest BCUT2D eigenvalue weighted by Crippen LogP contribution is -2.38. The summed E-state index contributed by atoms with van der Waals surface area (Å²) in [5, 5.41) is 6.58.